The lowest BCUT2D eigenvalue weighted by Gasteiger charge is -2.14. The number of carboxylic acids is 1. The highest BCUT2D eigenvalue weighted by Crippen LogP contribution is 2.19. The Morgan fingerprint density at radius 3 is 2.00 bits per heavy atom. The molecule has 0 saturated carbocycles. The molecule has 2 rings (SSSR count). The molecule has 0 aliphatic rings. The van der Waals surface area contributed by atoms with E-state index in [0.717, 1.165) is 0 Å². The topological polar surface area (TPSA) is 89.9 Å². The monoisotopic (exact) mass is 428 g/mol. The van der Waals surface area contributed by atoms with Crippen LogP contribution in [0, 0.1) is 0 Å². The summed E-state index contributed by atoms with van der Waals surface area (Å²) in [6.07, 6.45) is -1.55. The first kappa shape index (κ1) is 24.1. The fourth-order valence-corrected chi connectivity index (χ4v) is 2.96. The highest BCUT2D eigenvalue weighted by molar-refractivity contribution is 7.86. The van der Waals surface area contributed by atoms with Crippen LogP contribution in [0.5, 0.6) is 0 Å². The molecule has 0 spiro atoms. The van der Waals surface area contributed by atoms with E-state index in [0.29, 0.717) is 10.6 Å². The summed E-state index contributed by atoms with van der Waals surface area (Å²) in [4.78, 5) is 11.1. The van der Waals surface area contributed by atoms with E-state index in [2.05, 4.69) is 0 Å². The maximum absolute atomic E-state index is 12.1. The van der Waals surface area contributed by atoms with Gasteiger partial charge in [0.2, 0.25) is 0 Å². The van der Waals surface area contributed by atoms with Gasteiger partial charge in [0.15, 0.2) is 6.10 Å². The van der Waals surface area contributed by atoms with Crippen molar-refractivity contribution in [2.45, 2.75) is 43.8 Å². The Hall–Kier alpha value is -1.93. The van der Waals surface area contributed by atoms with Gasteiger partial charge in [0.05, 0.1) is 10.5 Å². The average molecular weight is 429 g/mol. The van der Waals surface area contributed by atoms with E-state index < -0.39 is 22.2 Å². The Kier molecular flexibility index (Phi) is 9.10. The van der Waals surface area contributed by atoms with Gasteiger partial charge >= 0.3 is 5.97 Å². The van der Waals surface area contributed by atoms with Crippen molar-refractivity contribution in [2.75, 3.05) is 7.11 Å². The van der Waals surface area contributed by atoms with Crippen LogP contribution in [0.3, 0.4) is 0 Å². The summed E-state index contributed by atoms with van der Waals surface area (Å²) in [7, 11) is -2.47. The van der Waals surface area contributed by atoms with Crippen molar-refractivity contribution in [1.29, 1.82) is 0 Å². The number of hydrogen-bond acceptors (Lipinski definition) is 5. The summed E-state index contributed by atoms with van der Waals surface area (Å²) >= 11 is 5.70. The van der Waals surface area contributed by atoms with E-state index in [4.69, 9.17) is 20.5 Å². The standard InChI is InChI=1S/C15H13ClO5S.C5H12O/c16-12-6-8-13(9-7-12)22(19,20)21-14(15(17)18)10-11-4-2-1-3-5-11;1-5(2,3)6-4/h1-9,14H,10H2,(H,17,18);1-4H3. The van der Waals surface area contributed by atoms with Gasteiger partial charge in [0, 0.05) is 18.6 Å². The molecule has 2 aromatic carbocycles. The van der Waals surface area contributed by atoms with Crippen molar-refractivity contribution < 1.29 is 27.2 Å². The van der Waals surface area contributed by atoms with Crippen molar-refractivity contribution >= 4 is 27.7 Å². The van der Waals surface area contributed by atoms with Gasteiger partial charge in [-0.2, -0.15) is 8.42 Å². The lowest BCUT2D eigenvalue weighted by molar-refractivity contribution is -0.144. The highest BCUT2D eigenvalue weighted by Gasteiger charge is 2.27. The molecule has 154 valence electrons. The number of halogens is 1. The molecule has 0 aliphatic heterocycles. The molecule has 0 aromatic heterocycles. The predicted octanol–water partition coefficient (Wildman–Crippen LogP) is 4.17. The number of rotatable bonds is 6. The zero-order chi connectivity index (χ0) is 21.4. The molecule has 6 nitrogen and oxygen atoms in total. The summed E-state index contributed by atoms with van der Waals surface area (Å²) in [6, 6.07) is 14.0. The maximum Gasteiger partial charge on any atom is 0.334 e. The minimum absolute atomic E-state index is 0.0417. The first-order chi connectivity index (χ1) is 12.9. The van der Waals surface area contributed by atoms with Crippen LogP contribution in [0.2, 0.25) is 5.02 Å². The summed E-state index contributed by atoms with van der Waals surface area (Å²) in [6.45, 7) is 6.06. The molecule has 1 atom stereocenters. The number of carboxylic acid groups (broad SMARTS) is 1. The lowest BCUT2D eigenvalue weighted by Crippen LogP contribution is -2.29. The molecule has 0 aliphatic carbocycles. The molecule has 0 saturated heterocycles. The molecule has 28 heavy (non-hydrogen) atoms. The molecule has 2 aromatic rings. The number of aliphatic carboxylic acids is 1. The second-order valence-corrected chi connectivity index (χ2v) is 8.85. The van der Waals surface area contributed by atoms with Gasteiger partial charge in [-0.25, -0.2) is 4.79 Å². The minimum atomic E-state index is -4.18. The summed E-state index contributed by atoms with van der Waals surface area (Å²) in [5, 5.41) is 9.55. The molecule has 0 fully saturated rings. The molecule has 0 bridgehead atoms. The number of hydrogen-bond donors (Lipinski definition) is 1. The molecule has 8 heteroatoms. The summed E-state index contributed by atoms with van der Waals surface area (Å²) < 4.78 is 34.0. The third-order valence-electron chi connectivity index (χ3n) is 3.50. The predicted molar refractivity (Wildman–Crippen MR) is 108 cm³/mol. The van der Waals surface area contributed by atoms with Gasteiger partial charge in [-0.15, -0.1) is 0 Å². The third-order valence-corrected chi connectivity index (χ3v) is 5.08. The molecular formula is C20H25ClO6S. The second kappa shape index (κ2) is 10.6. The van der Waals surface area contributed by atoms with Gasteiger partial charge in [-0.05, 0) is 50.6 Å². The van der Waals surface area contributed by atoms with E-state index in [1.807, 2.05) is 20.8 Å². The Morgan fingerprint density at radius 1 is 1.07 bits per heavy atom. The quantitative estimate of drug-likeness (QED) is 0.694. The number of carbonyl (C=O) groups is 1. The molecule has 0 amide bonds. The van der Waals surface area contributed by atoms with Crippen molar-refractivity contribution in [2.24, 2.45) is 0 Å². The largest absolute Gasteiger partial charge is 0.479 e. The van der Waals surface area contributed by atoms with E-state index in [1.165, 1.54) is 24.3 Å². The number of benzene rings is 2. The third kappa shape index (κ3) is 8.84. The van der Waals surface area contributed by atoms with Gasteiger partial charge in [-0.1, -0.05) is 41.9 Å². The zero-order valence-electron chi connectivity index (χ0n) is 16.3. The first-order valence-electron chi connectivity index (χ1n) is 8.45. The minimum Gasteiger partial charge on any atom is -0.479 e. The molecule has 1 N–H and O–H groups in total. The van der Waals surface area contributed by atoms with Crippen LogP contribution in [-0.4, -0.2) is 38.3 Å². The fraction of sp³-hybridized carbons (Fsp3) is 0.350. The van der Waals surface area contributed by atoms with E-state index in [9.17, 15) is 18.3 Å². The summed E-state index contributed by atoms with van der Waals surface area (Å²) in [5.74, 6) is -1.35. The average Bonchev–Trinajstić information content (AvgIpc) is 2.62. The zero-order valence-corrected chi connectivity index (χ0v) is 17.8. The van der Waals surface area contributed by atoms with Gasteiger partial charge < -0.3 is 9.84 Å². The van der Waals surface area contributed by atoms with Crippen molar-refractivity contribution in [3.63, 3.8) is 0 Å². The van der Waals surface area contributed by atoms with Crippen LogP contribution < -0.4 is 0 Å². The molecule has 1 unspecified atom stereocenters. The smallest absolute Gasteiger partial charge is 0.334 e. The van der Waals surface area contributed by atoms with Gasteiger partial charge in [0.1, 0.15) is 0 Å². The van der Waals surface area contributed by atoms with Crippen LogP contribution in [0.1, 0.15) is 26.3 Å². The van der Waals surface area contributed by atoms with Crippen molar-refractivity contribution in [1.82, 2.24) is 0 Å². The first-order valence-corrected chi connectivity index (χ1v) is 10.2. The molecule has 0 heterocycles. The second-order valence-electron chi connectivity index (χ2n) is 6.84. The number of ether oxygens (including phenoxy) is 1. The molecular weight excluding hydrogens is 404 g/mol. The van der Waals surface area contributed by atoms with Crippen LogP contribution >= 0.6 is 11.6 Å². The van der Waals surface area contributed by atoms with Crippen LogP contribution in [0.15, 0.2) is 59.5 Å². The van der Waals surface area contributed by atoms with Crippen molar-refractivity contribution in [3.8, 4) is 0 Å². The van der Waals surface area contributed by atoms with E-state index in [-0.39, 0.29) is 16.9 Å². The van der Waals surface area contributed by atoms with Crippen LogP contribution in [-0.2, 0) is 30.3 Å². The highest BCUT2D eigenvalue weighted by atomic mass is 35.5. The van der Waals surface area contributed by atoms with E-state index >= 15 is 0 Å². The van der Waals surface area contributed by atoms with Crippen LogP contribution in [0.4, 0.5) is 0 Å². The maximum atomic E-state index is 12.1. The lowest BCUT2D eigenvalue weighted by atomic mass is 10.1. The van der Waals surface area contributed by atoms with Crippen molar-refractivity contribution in [3.05, 3.63) is 65.2 Å². The fourth-order valence-electron chi connectivity index (χ4n) is 1.80. The van der Waals surface area contributed by atoms with E-state index in [1.54, 1.807) is 37.4 Å². The normalized spacial score (nSPS) is 12.6. The number of methoxy groups -OCH3 is 1. The molecule has 0 radical (unpaired) electrons. The van der Waals surface area contributed by atoms with Gasteiger partial charge in [0.25, 0.3) is 10.1 Å². The Morgan fingerprint density at radius 2 is 1.57 bits per heavy atom. The Balaban J connectivity index is 0.000000568. The van der Waals surface area contributed by atoms with Gasteiger partial charge in [-0.3, -0.25) is 4.18 Å². The Labute approximate surface area is 171 Å². The summed E-state index contributed by atoms with van der Waals surface area (Å²) in [5.41, 5.74) is 0.709. The SMILES string of the molecule is COC(C)(C)C.O=C(O)C(Cc1ccccc1)OS(=O)(=O)c1ccc(Cl)cc1. The van der Waals surface area contributed by atoms with Crippen LogP contribution in [0.25, 0.3) is 0 Å². The Bertz CT molecular complexity index is 843.